The quantitative estimate of drug-likeness (QED) is 0.775. The number of aromatic nitrogens is 5. The van der Waals surface area contributed by atoms with Crippen LogP contribution in [0.2, 0.25) is 5.02 Å². The molecule has 0 radical (unpaired) electrons. The molecule has 0 aliphatic heterocycles. The SMILES string of the molecule is Oc1ccnc(-c2cc(Cl)ccc2-n2cc(C(F)(F)F)nn2)n1. The van der Waals surface area contributed by atoms with Gasteiger partial charge in [-0.05, 0) is 18.2 Å². The Kier molecular flexibility index (Phi) is 3.64. The van der Waals surface area contributed by atoms with Gasteiger partial charge in [0.1, 0.15) is 0 Å². The molecule has 3 aromatic rings. The maximum absolute atomic E-state index is 12.7. The van der Waals surface area contributed by atoms with Crippen LogP contribution in [0.5, 0.6) is 5.88 Å². The van der Waals surface area contributed by atoms with E-state index in [4.69, 9.17) is 11.6 Å². The minimum atomic E-state index is -4.60. The van der Waals surface area contributed by atoms with Crippen molar-refractivity contribution in [3.05, 3.63) is 47.4 Å². The molecule has 0 saturated heterocycles. The highest BCUT2D eigenvalue weighted by Gasteiger charge is 2.34. The van der Waals surface area contributed by atoms with Gasteiger partial charge < -0.3 is 5.11 Å². The van der Waals surface area contributed by atoms with Gasteiger partial charge in [0.05, 0.1) is 11.9 Å². The van der Waals surface area contributed by atoms with E-state index >= 15 is 0 Å². The Morgan fingerprint density at radius 2 is 1.96 bits per heavy atom. The van der Waals surface area contributed by atoms with E-state index in [9.17, 15) is 18.3 Å². The molecule has 2 heterocycles. The third kappa shape index (κ3) is 3.09. The molecule has 0 aliphatic rings. The fourth-order valence-electron chi connectivity index (χ4n) is 1.88. The average Bonchev–Trinajstić information content (AvgIpc) is 2.97. The van der Waals surface area contributed by atoms with Crippen LogP contribution in [0.15, 0.2) is 36.7 Å². The van der Waals surface area contributed by atoms with Gasteiger partial charge in [-0.15, -0.1) is 5.10 Å². The van der Waals surface area contributed by atoms with Crippen LogP contribution in [0.25, 0.3) is 17.1 Å². The van der Waals surface area contributed by atoms with Crippen LogP contribution in [-0.4, -0.2) is 30.1 Å². The molecule has 1 aromatic carbocycles. The zero-order chi connectivity index (χ0) is 16.6. The molecule has 0 unspecified atom stereocenters. The lowest BCUT2D eigenvalue weighted by Gasteiger charge is -2.08. The molecule has 0 fully saturated rings. The van der Waals surface area contributed by atoms with E-state index in [0.717, 1.165) is 10.9 Å². The van der Waals surface area contributed by atoms with Crippen molar-refractivity contribution in [1.82, 2.24) is 25.0 Å². The van der Waals surface area contributed by atoms with Crippen LogP contribution in [0.3, 0.4) is 0 Å². The van der Waals surface area contributed by atoms with Crippen molar-refractivity contribution in [2.24, 2.45) is 0 Å². The van der Waals surface area contributed by atoms with Gasteiger partial charge in [-0.25, -0.2) is 9.67 Å². The summed E-state index contributed by atoms with van der Waals surface area (Å²) in [6.07, 6.45) is -2.55. The largest absolute Gasteiger partial charge is 0.493 e. The number of hydrogen-bond acceptors (Lipinski definition) is 5. The van der Waals surface area contributed by atoms with E-state index in [1.54, 1.807) is 0 Å². The first-order chi connectivity index (χ1) is 10.8. The molecule has 0 saturated carbocycles. The summed E-state index contributed by atoms with van der Waals surface area (Å²) in [5, 5.41) is 16.4. The first-order valence-corrected chi connectivity index (χ1v) is 6.54. The van der Waals surface area contributed by atoms with Gasteiger partial charge in [0, 0.05) is 22.8 Å². The predicted octanol–water partition coefficient (Wildman–Crippen LogP) is 3.10. The second-order valence-electron chi connectivity index (χ2n) is 4.45. The number of benzene rings is 1. The standard InChI is InChI=1S/C13H7ClF3N5O/c14-7-1-2-9(22-6-10(20-21-22)13(15,16)17)8(5-7)12-18-4-3-11(23)19-12/h1-6H,(H,18,19,23). The number of rotatable bonds is 2. The lowest BCUT2D eigenvalue weighted by molar-refractivity contribution is -0.141. The Labute approximate surface area is 132 Å². The van der Waals surface area contributed by atoms with Crippen molar-refractivity contribution in [1.29, 1.82) is 0 Å². The van der Waals surface area contributed by atoms with Gasteiger partial charge in [-0.3, -0.25) is 0 Å². The Morgan fingerprint density at radius 3 is 2.61 bits per heavy atom. The summed E-state index contributed by atoms with van der Waals surface area (Å²) in [5.74, 6) is -0.193. The first-order valence-electron chi connectivity index (χ1n) is 6.16. The van der Waals surface area contributed by atoms with Crippen LogP contribution in [0, 0.1) is 0 Å². The second kappa shape index (κ2) is 5.51. The van der Waals surface area contributed by atoms with Gasteiger partial charge in [-0.1, -0.05) is 16.8 Å². The summed E-state index contributed by atoms with van der Waals surface area (Å²) >= 11 is 5.93. The number of aromatic hydroxyl groups is 1. The molecule has 0 amide bonds. The molecule has 3 rings (SSSR count). The summed E-state index contributed by atoms with van der Waals surface area (Å²) in [6, 6.07) is 5.67. The van der Waals surface area contributed by atoms with Crippen LogP contribution < -0.4 is 0 Å². The van der Waals surface area contributed by atoms with Gasteiger partial charge in [0.15, 0.2) is 11.5 Å². The van der Waals surface area contributed by atoms with Crippen molar-refractivity contribution in [2.45, 2.75) is 6.18 Å². The molecule has 0 bridgehead atoms. The third-order valence-electron chi connectivity index (χ3n) is 2.87. The molecule has 6 nitrogen and oxygen atoms in total. The van der Waals surface area contributed by atoms with E-state index in [2.05, 4.69) is 20.3 Å². The summed E-state index contributed by atoms with van der Waals surface area (Å²) in [7, 11) is 0. The normalized spacial score (nSPS) is 11.7. The molecular formula is C13H7ClF3N5O. The van der Waals surface area contributed by atoms with Crippen molar-refractivity contribution in [3.8, 4) is 23.0 Å². The third-order valence-corrected chi connectivity index (χ3v) is 3.11. The number of hydrogen-bond donors (Lipinski definition) is 1. The minimum Gasteiger partial charge on any atom is -0.493 e. The van der Waals surface area contributed by atoms with Crippen LogP contribution in [0.1, 0.15) is 5.69 Å². The average molecular weight is 342 g/mol. The molecular weight excluding hydrogens is 335 g/mol. The van der Waals surface area contributed by atoms with Gasteiger partial charge in [0.25, 0.3) is 0 Å². The zero-order valence-electron chi connectivity index (χ0n) is 11.2. The lowest BCUT2D eigenvalue weighted by atomic mass is 10.1. The predicted molar refractivity (Wildman–Crippen MR) is 74.1 cm³/mol. The number of alkyl halides is 3. The molecule has 118 valence electrons. The zero-order valence-corrected chi connectivity index (χ0v) is 11.9. The van der Waals surface area contributed by atoms with Crippen molar-refractivity contribution in [2.75, 3.05) is 0 Å². The highest BCUT2D eigenvalue weighted by atomic mass is 35.5. The fourth-order valence-corrected chi connectivity index (χ4v) is 2.05. The Bertz CT molecular complexity index is 865. The van der Waals surface area contributed by atoms with Gasteiger partial charge in [0.2, 0.25) is 5.88 Å². The van der Waals surface area contributed by atoms with E-state index in [0.29, 0.717) is 10.6 Å². The van der Waals surface area contributed by atoms with Crippen molar-refractivity contribution in [3.63, 3.8) is 0 Å². The van der Waals surface area contributed by atoms with Crippen LogP contribution in [-0.2, 0) is 6.18 Å². The summed E-state index contributed by atoms with van der Waals surface area (Å²) in [5.41, 5.74) is -0.592. The molecule has 0 aliphatic carbocycles. The summed E-state index contributed by atoms with van der Waals surface area (Å²) < 4.78 is 38.9. The number of nitrogens with zero attached hydrogens (tertiary/aromatic N) is 5. The van der Waals surface area contributed by atoms with Crippen LogP contribution in [0.4, 0.5) is 13.2 Å². The monoisotopic (exact) mass is 341 g/mol. The highest BCUT2D eigenvalue weighted by molar-refractivity contribution is 6.31. The Balaban J connectivity index is 2.15. The maximum atomic E-state index is 12.7. The molecule has 10 heteroatoms. The van der Waals surface area contributed by atoms with Gasteiger partial charge >= 0.3 is 6.18 Å². The fraction of sp³-hybridized carbons (Fsp3) is 0.0769. The first kappa shape index (κ1) is 15.2. The van der Waals surface area contributed by atoms with E-state index in [1.807, 2.05) is 0 Å². The molecule has 1 N–H and O–H groups in total. The molecule has 2 aromatic heterocycles. The van der Waals surface area contributed by atoms with Gasteiger partial charge in [-0.2, -0.15) is 18.2 Å². The minimum absolute atomic E-state index is 0.0894. The Morgan fingerprint density at radius 1 is 1.17 bits per heavy atom. The molecule has 0 atom stereocenters. The van der Waals surface area contributed by atoms with Crippen LogP contribution >= 0.6 is 11.6 Å². The Hall–Kier alpha value is -2.68. The van der Waals surface area contributed by atoms with Crippen molar-refractivity contribution < 1.29 is 18.3 Å². The second-order valence-corrected chi connectivity index (χ2v) is 4.88. The number of halogens is 4. The maximum Gasteiger partial charge on any atom is 0.436 e. The summed E-state index contributed by atoms with van der Waals surface area (Å²) in [4.78, 5) is 7.81. The summed E-state index contributed by atoms with van der Waals surface area (Å²) in [6.45, 7) is 0. The van der Waals surface area contributed by atoms with Crippen molar-refractivity contribution >= 4 is 11.6 Å². The molecule has 23 heavy (non-hydrogen) atoms. The smallest absolute Gasteiger partial charge is 0.436 e. The van der Waals surface area contributed by atoms with E-state index in [1.165, 1.54) is 30.5 Å². The lowest BCUT2D eigenvalue weighted by Crippen LogP contribution is -2.05. The van der Waals surface area contributed by atoms with E-state index < -0.39 is 11.9 Å². The molecule has 0 spiro atoms. The van der Waals surface area contributed by atoms with E-state index in [-0.39, 0.29) is 17.4 Å². The highest BCUT2D eigenvalue weighted by Crippen LogP contribution is 2.30. The topological polar surface area (TPSA) is 76.7 Å².